The third-order valence-corrected chi connectivity index (χ3v) is 0.384. The third kappa shape index (κ3) is 4.94. The molecule has 0 rings (SSSR count). The lowest BCUT2D eigenvalue weighted by Gasteiger charge is -1.93. The smallest absolute Gasteiger partial charge is 0.329 e. The minimum atomic E-state index is -0.384. The van der Waals surface area contributed by atoms with Gasteiger partial charge in [0.1, 0.15) is 6.34 Å². The Hall–Kier alpha value is -1.06. The summed E-state index contributed by atoms with van der Waals surface area (Å²) in [4.78, 5) is 17.7. The van der Waals surface area contributed by atoms with Crippen molar-refractivity contribution < 1.29 is 9.63 Å². The molecule has 0 aliphatic rings. The van der Waals surface area contributed by atoms with Gasteiger partial charge in [-0.25, -0.2) is 5.48 Å². The highest BCUT2D eigenvalue weighted by Crippen LogP contribution is 1.63. The molecule has 0 amide bonds. The molecule has 0 saturated heterocycles. The highest BCUT2D eigenvalue weighted by atomic mass is 16.7. The van der Waals surface area contributed by atoms with Gasteiger partial charge in [0.25, 0.3) is 0 Å². The van der Waals surface area contributed by atoms with Gasteiger partial charge in [0.2, 0.25) is 0 Å². The van der Waals surface area contributed by atoms with Gasteiger partial charge in [0, 0.05) is 14.0 Å². The first kappa shape index (κ1) is 6.94. The molecule has 4 heteroatoms. The highest BCUT2D eigenvalue weighted by Gasteiger charge is 1.83. The first-order chi connectivity index (χ1) is 3.77. The molecule has 0 unspecified atom stereocenters. The fourth-order valence-corrected chi connectivity index (χ4v) is 0.162. The van der Waals surface area contributed by atoms with Crippen LogP contribution in [0.15, 0.2) is 4.99 Å². The quantitative estimate of drug-likeness (QED) is 0.306. The van der Waals surface area contributed by atoms with Gasteiger partial charge < -0.3 is 4.84 Å². The van der Waals surface area contributed by atoms with Crippen molar-refractivity contribution in [2.75, 3.05) is 7.05 Å². The van der Waals surface area contributed by atoms with Crippen molar-refractivity contribution in [2.45, 2.75) is 6.92 Å². The number of carbonyl (C=O) groups is 1. The molecule has 0 radical (unpaired) electrons. The van der Waals surface area contributed by atoms with E-state index in [1.807, 2.05) is 0 Å². The monoisotopic (exact) mass is 116 g/mol. The van der Waals surface area contributed by atoms with Crippen molar-refractivity contribution in [1.29, 1.82) is 0 Å². The van der Waals surface area contributed by atoms with Crippen molar-refractivity contribution in [3.63, 3.8) is 0 Å². The van der Waals surface area contributed by atoms with E-state index in [9.17, 15) is 4.79 Å². The van der Waals surface area contributed by atoms with E-state index in [2.05, 4.69) is 15.3 Å². The van der Waals surface area contributed by atoms with E-state index < -0.39 is 0 Å². The summed E-state index contributed by atoms with van der Waals surface area (Å²) >= 11 is 0. The van der Waals surface area contributed by atoms with E-state index >= 15 is 0 Å². The van der Waals surface area contributed by atoms with E-state index in [1.54, 1.807) is 7.05 Å². The molecule has 0 atom stereocenters. The van der Waals surface area contributed by atoms with Crippen LogP contribution < -0.4 is 5.48 Å². The van der Waals surface area contributed by atoms with Gasteiger partial charge in [-0.1, -0.05) is 0 Å². The van der Waals surface area contributed by atoms with Gasteiger partial charge in [0.05, 0.1) is 0 Å². The highest BCUT2D eigenvalue weighted by molar-refractivity contribution is 5.67. The molecule has 0 spiro atoms. The van der Waals surface area contributed by atoms with E-state index in [1.165, 1.54) is 13.3 Å². The fourth-order valence-electron chi connectivity index (χ4n) is 0.162. The maximum Gasteiger partial charge on any atom is 0.329 e. The summed E-state index contributed by atoms with van der Waals surface area (Å²) in [5.41, 5.74) is 2.19. The lowest BCUT2D eigenvalue weighted by Crippen LogP contribution is -2.15. The Morgan fingerprint density at radius 1 is 1.88 bits per heavy atom. The molecule has 0 aromatic rings. The molecule has 0 heterocycles. The zero-order valence-corrected chi connectivity index (χ0v) is 4.84. The van der Waals surface area contributed by atoms with Crippen LogP contribution in [0.2, 0.25) is 0 Å². The molecular formula is C4H8N2O2. The summed E-state index contributed by atoms with van der Waals surface area (Å²) in [6, 6.07) is 0. The lowest BCUT2D eigenvalue weighted by molar-refractivity contribution is -0.144. The summed E-state index contributed by atoms with van der Waals surface area (Å²) in [6.07, 6.45) is 1.28. The molecule has 0 aromatic carbocycles. The Bertz CT molecular complexity index is 100. The van der Waals surface area contributed by atoms with E-state index in [-0.39, 0.29) is 5.97 Å². The van der Waals surface area contributed by atoms with Crippen LogP contribution in [0.5, 0.6) is 0 Å². The molecule has 4 nitrogen and oxygen atoms in total. The molecule has 0 saturated carbocycles. The largest absolute Gasteiger partial charge is 0.343 e. The first-order valence-electron chi connectivity index (χ1n) is 2.11. The number of aliphatic imine (C=N–C) groups is 1. The number of carbonyl (C=O) groups excluding carboxylic acids is 1. The van der Waals surface area contributed by atoms with Gasteiger partial charge in [-0.2, -0.15) is 0 Å². The maximum absolute atomic E-state index is 9.97. The van der Waals surface area contributed by atoms with Gasteiger partial charge in [-0.05, 0) is 0 Å². The van der Waals surface area contributed by atoms with Gasteiger partial charge in [0.15, 0.2) is 0 Å². The molecule has 8 heavy (non-hydrogen) atoms. The van der Waals surface area contributed by atoms with Crippen LogP contribution in [0.1, 0.15) is 6.92 Å². The van der Waals surface area contributed by atoms with Crippen molar-refractivity contribution in [3.8, 4) is 0 Å². The second-order valence-corrected chi connectivity index (χ2v) is 1.10. The van der Waals surface area contributed by atoms with Crippen LogP contribution in [0.25, 0.3) is 0 Å². The molecule has 0 fully saturated rings. The Labute approximate surface area is 47.5 Å². The summed E-state index contributed by atoms with van der Waals surface area (Å²) in [6.45, 7) is 1.30. The SMILES string of the molecule is CN=CNOC(C)=O. The summed E-state index contributed by atoms with van der Waals surface area (Å²) in [7, 11) is 1.57. The van der Waals surface area contributed by atoms with E-state index in [0.29, 0.717) is 0 Å². The summed E-state index contributed by atoms with van der Waals surface area (Å²) < 4.78 is 0. The van der Waals surface area contributed by atoms with Crippen LogP contribution in [0, 0.1) is 0 Å². The Morgan fingerprint density at radius 3 is 2.88 bits per heavy atom. The van der Waals surface area contributed by atoms with Crippen LogP contribution in [0.4, 0.5) is 0 Å². The van der Waals surface area contributed by atoms with Crippen LogP contribution in [-0.2, 0) is 9.63 Å². The Balaban J connectivity index is 3.05. The molecule has 1 N–H and O–H groups in total. The second-order valence-electron chi connectivity index (χ2n) is 1.10. The number of nitrogens with zero attached hydrogens (tertiary/aromatic N) is 1. The first-order valence-corrected chi connectivity index (χ1v) is 2.11. The number of nitrogens with one attached hydrogen (secondary N) is 1. The molecule has 0 aliphatic carbocycles. The molecular weight excluding hydrogens is 108 g/mol. The zero-order chi connectivity index (χ0) is 6.41. The predicted molar refractivity (Wildman–Crippen MR) is 29.3 cm³/mol. The number of hydrogen-bond acceptors (Lipinski definition) is 3. The van der Waals surface area contributed by atoms with Crippen molar-refractivity contribution >= 4 is 12.3 Å². The fraction of sp³-hybridized carbons (Fsp3) is 0.500. The summed E-state index contributed by atoms with van der Waals surface area (Å²) in [5, 5.41) is 0. The number of hydrogen-bond donors (Lipinski definition) is 1. The molecule has 46 valence electrons. The predicted octanol–water partition coefficient (Wildman–Crippen LogP) is -0.288. The van der Waals surface area contributed by atoms with Crippen LogP contribution >= 0.6 is 0 Å². The van der Waals surface area contributed by atoms with Crippen molar-refractivity contribution in [3.05, 3.63) is 0 Å². The van der Waals surface area contributed by atoms with Crippen LogP contribution in [-0.4, -0.2) is 19.4 Å². The lowest BCUT2D eigenvalue weighted by atomic mass is 10.8. The summed E-state index contributed by atoms with van der Waals surface area (Å²) in [5.74, 6) is -0.384. The Morgan fingerprint density at radius 2 is 2.50 bits per heavy atom. The average Bonchev–Trinajstić information content (AvgIpc) is 1.66. The van der Waals surface area contributed by atoms with Crippen molar-refractivity contribution in [1.82, 2.24) is 5.48 Å². The van der Waals surface area contributed by atoms with E-state index in [4.69, 9.17) is 0 Å². The minimum absolute atomic E-state index is 0.384. The third-order valence-electron chi connectivity index (χ3n) is 0.384. The Kier molecular flexibility index (Phi) is 3.56. The molecule has 0 aromatic heterocycles. The normalized spacial score (nSPS) is 9.25. The number of hydroxylamine groups is 1. The van der Waals surface area contributed by atoms with E-state index in [0.717, 1.165) is 0 Å². The van der Waals surface area contributed by atoms with Crippen molar-refractivity contribution in [2.24, 2.45) is 4.99 Å². The number of rotatable bonds is 2. The maximum atomic E-state index is 9.97. The zero-order valence-electron chi connectivity index (χ0n) is 4.84. The molecule has 0 bridgehead atoms. The minimum Gasteiger partial charge on any atom is -0.343 e. The van der Waals surface area contributed by atoms with Gasteiger partial charge in [-0.3, -0.25) is 9.79 Å². The van der Waals surface area contributed by atoms with Gasteiger partial charge >= 0.3 is 5.97 Å². The van der Waals surface area contributed by atoms with Crippen LogP contribution in [0.3, 0.4) is 0 Å². The standard InChI is InChI=1S/C4H8N2O2/c1-4(7)8-6-3-5-2/h3H,1-2H3,(H,5,6). The average molecular weight is 116 g/mol. The second kappa shape index (κ2) is 4.11. The topological polar surface area (TPSA) is 50.7 Å². The van der Waals surface area contributed by atoms with Gasteiger partial charge in [-0.15, -0.1) is 0 Å². The molecule has 0 aliphatic heterocycles.